The maximum atomic E-state index is 2.36. The largest absolute Gasteiger partial charge is 0.0842 e. The lowest BCUT2D eigenvalue weighted by atomic mass is 9.83. The Hall–Kier alpha value is -1.04. The van der Waals surface area contributed by atoms with E-state index in [-0.39, 0.29) is 0 Å². The van der Waals surface area contributed by atoms with Gasteiger partial charge in [-0.05, 0) is 37.0 Å². The van der Waals surface area contributed by atoms with Gasteiger partial charge in [-0.25, -0.2) is 0 Å². The highest BCUT2D eigenvalue weighted by molar-refractivity contribution is 5.13. The second-order valence-corrected chi connectivity index (χ2v) is 4.64. The van der Waals surface area contributed by atoms with Gasteiger partial charge in [0.2, 0.25) is 0 Å². The maximum Gasteiger partial charge on any atom is -0.00273 e. The van der Waals surface area contributed by atoms with Gasteiger partial charge < -0.3 is 0 Å². The van der Waals surface area contributed by atoms with Gasteiger partial charge in [0.1, 0.15) is 0 Å². The van der Waals surface area contributed by atoms with E-state index in [1.165, 1.54) is 6.42 Å². The molecule has 0 aromatic rings. The minimum Gasteiger partial charge on any atom is -0.0842 e. The van der Waals surface area contributed by atoms with Crippen LogP contribution in [-0.4, -0.2) is 0 Å². The first-order valence-corrected chi connectivity index (χ1v) is 6.03. The van der Waals surface area contributed by atoms with Crippen LogP contribution in [0.1, 0.15) is 26.2 Å². The molecule has 0 heterocycles. The second-order valence-electron chi connectivity index (χ2n) is 4.64. The lowest BCUT2D eigenvalue weighted by Gasteiger charge is -2.22. The van der Waals surface area contributed by atoms with E-state index >= 15 is 0 Å². The molecule has 2 aliphatic carbocycles. The molecule has 0 nitrogen and oxygen atoms in total. The molecule has 80 valence electrons. The standard InChI is InChI=1S/C15H20/c1-13(15-10-6-3-7-11-15)12-14-8-4-2-5-9-14/h4-11,13-15H,2-3,12H2,1H3. The molecule has 0 bridgehead atoms. The summed E-state index contributed by atoms with van der Waals surface area (Å²) in [6.45, 7) is 2.36. The van der Waals surface area contributed by atoms with Crippen LogP contribution in [0.2, 0.25) is 0 Å². The van der Waals surface area contributed by atoms with Crippen molar-refractivity contribution in [2.45, 2.75) is 26.2 Å². The van der Waals surface area contributed by atoms with E-state index in [0.29, 0.717) is 11.8 Å². The third kappa shape index (κ3) is 2.95. The molecule has 0 aromatic heterocycles. The van der Waals surface area contributed by atoms with E-state index in [1.54, 1.807) is 0 Å². The zero-order valence-electron chi connectivity index (χ0n) is 9.47. The van der Waals surface area contributed by atoms with Crippen LogP contribution >= 0.6 is 0 Å². The fourth-order valence-electron chi connectivity index (χ4n) is 2.39. The molecular weight excluding hydrogens is 180 g/mol. The van der Waals surface area contributed by atoms with Crippen molar-refractivity contribution in [1.82, 2.24) is 0 Å². The van der Waals surface area contributed by atoms with Crippen LogP contribution in [0, 0.1) is 17.8 Å². The molecule has 1 unspecified atom stereocenters. The zero-order chi connectivity index (χ0) is 10.5. The van der Waals surface area contributed by atoms with Gasteiger partial charge in [-0.1, -0.05) is 55.5 Å². The van der Waals surface area contributed by atoms with Crippen LogP contribution in [0.25, 0.3) is 0 Å². The first-order valence-electron chi connectivity index (χ1n) is 6.03. The molecule has 0 aromatic carbocycles. The van der Waals surface area contributed by atoms with Crippen molar-refractivity contribution >= 4 is 0 Å². The minimum atomic E-state index is 0.655. The van der Waals surface area contributed by atoms with Gasteiger partial charge >= 0.3 is 0 Å². The summed E-state index contributed by atoms with van der Waals surface area (Å²) in [5.74, 6) is 2.06. The van der Waals surface area contributed by atoms with Gasteiger partial charge in [-0.2, -0.15) is 0 Å². The van der Waals surface area contributed by atoms with E-state index in [9.17, 15) is 0 Å². The molecule has 2 rings (SSSR count). The predicted molar refractivity (Wildman–Crippen MR) is 66.6 cm³/mol. The van der Waals surface area contributed by atoms with Gasteiger partial charge in [0, 0.05) is 0 Å². The summed E-state index contributed by atoms with van der Waals surface area (Å²) >= 11 is 0. The molecule has 0 saturated carbocycles. The van der Waals surface area contributed by atoms with Gasteiger partial charge in [0.05, 0.1) is 0 Å². The predicted octanol–water partition coefficient (Wildman–Crippen LogP) is 4.28. The van der Waals surface area contributed by atoms with Crippen LogP contribution in [-0.2, 0) is 0 Å². The normalized spacial score (nSPS) is 23.5. The molecule has 0 fully saturated rings. The first kappa shape index (κ1) is 10.5. The Morgan fingerprint density at radius 2 is 1.47 bits per heavy atom. The highest BCUT2D eigenvalue weighted by Crippen LogP contribution is 2.27. The molecule has 0 saturated heterocycles. The summed E-state index contributed by atoms with van der Waals surface area (Å²) in [6, 6.07) is 0. The zero-order valence-corrected chi connectivity index (χ0v) is 9.47. The topological polar surface area (TPSA) is 0 Å². The number of allylic oxidation sites excluding steroid dienone is 8. The van der Waals surface area contributed by atoms with Crippen molar-refractivity contribution in [1.29, 1.82) is 0 Å². The maximum absolute atomic E-state index is 2.36. The summed E-state index contributed by atoms with van der Waals surface area (Å²) < 4.78 is 0. The molecular formula is C15H20. The Morgan fingerprint density at radius 1 is 0.933 bits per heavy atom. The minimum absolute atomic E-state index is 0.655. The molecule has 0 N–H and O–H groups in total. The van der Waals surface area contributed by atoms with E-state index in [2.05, 4.69) is 55.5 Å². The van der Waals surface area contributed by atoms with E-state index in [4.69, 9.17) is 0 Å². The Balaban J connectivity index is 1.88. The van der Waals surface area contributed by atoms with Gasteiger partial charge in [0.15, 0.2) is 0 Å². The Bertz CT molecular complexity index is 280. The molecule has 0 spiro atoms. The van der Waals surface area contributed by atoms with Crippen LogP contribution in [0.5, 0.6) is 0 Å². The van der Waals surface area contributed by atoms with Crippen molar-refractivity contribution in [3.63, 3.8) is 0 Å². The molecule has 2 aliphatic rings. The Kier molecular flexibility index (Phi) is 3.60. The lowest BCUT2D eigenvalue weighted by molar-refractivity contribution is 0.426. The third-order valence-electron chi connectivity index (χ3n) is 3.33. The summed E-state index contributed by atoms with van der Waals surface area (Å²) in [5, 5.41) is 0. The lowest BCUT2D eigenvalue weighted by Crippen LogP contribution is -2.12. The quantitative estimate of drug-likeness (QED) is 0.597. The van der Waals surface area contributed by atoms with Crippen molar-refractivity contribution in [3.05, 3.63) is 48.6 Å². The first-order chi connectivity index (χ1) is 7.36. The fraction of sp³-hybridized carbons (Fsp3) is 0.467. The SMILES string of the molecule is CC(CC1C=CCC=C1)C1C=CCC=C1. The average Bonchev–Trinajstić information content (AvgIpc) is 2.31. The van der Waals surface area contributed by atoms with Gasteiger partial charge in [-0.15, -0.1) is 0 Å². The smallest absolute Gasteiger partial charge is 0.00273 e. The monoisotopic (exact) mass is 200 g/mol. The number of rotatable bonds is 3. The highest BCUT2D eigenvalue weighted by Gasteiger charge is 2.16. The van der Waals surface area contributed by atoms with E-state index in [0.717, 1.165) is 18.8 Å². The Labute approximate surface area is 93.1 Å². The molecule has 0 amide bonds. The fourth-order valence-corrected chi connectivity index (χ4v) is 2.39. The van der Waals surface area contributed by atoms with Crippen molar-refractivity contribution < 1.29 is 0 Å². The molecule has 0 heteroatoms. The molecule has 0 aliphatic heterocycles. The average molecular weight is 200 g/mol. The van der Waals surface area contributed by atoms with Crippen LogP contribution < -0.4 is 0 Å². The molecule has 1 atom stereocenters. The van der Waals surface area contributed by atoms with E-state index < -0.39 is 0 Å². The van der Waals surface area contributed by atoms with Crippen LogP contribution in [0.3, 0.4) is 0 Å². The van der Waals surface area contributed by atoms with Crippen molar-refractivity contribution in [2.75, 3.05) is 0 Å². The highest BCUT2D eigenvalue weighted by atomic mass is 14.2. The van der Waals surface area contributed by atoms with Crippen LogP contribution in [0.15, 0.2) is 48.6 Å². The Morgan fingerprint density at radius 3 is 2.07 bits per heavy atom. The number of hydrogen-bond acceptors (Lipinski definition) is 0. The van der Waals surface area contributed by atoms with Gasteiger partial charge in [-0.3, -0.25) is 0 Å². The molecule has 0 radical (unpaired) electrons. The van der Waals surface area contributed by atoms with E-state index in [1.807, 2.05) is 0 Å². The molecule has 15 heavy (non-hydrogen) atoms. The summed E-state index contributed by atoms with van der Waals surface area (Å²) in [5.41, 5.74) is 0. The summed E-state index contributed by atoms with van der Waals surface area (Å²) in [4.78, 5) is 0. The summed E-state index contributed by atoms with van der Waals surface area (Å²) in [6.07, 6.45) is 22.1. The van der Waals surface area contributed by atoms with Crippen LogP contribution in [0.4, 0.5) is 0 Å². The number of hydrogen-bond donors (Lipinski definition) is 0. The van der Waals surface area contributed by atoms with Crippen molar-refractivity contribution in [3.8, 4) is 0 Å². The van der Waals surface area contributed by atoms with Gasteiger partial charge in [0.25, 0.3) is 0 Å². The second kappa shape index (κ2) is 5.16. The van der Waals surface area contributed by atoms with Crippen molar-refractivity contribution in [2.24, 2.45) is 17.8 Å². The third-order valence-corrected chi connectivity index (χ3v) is 3.33. The summed E-state index contributed by atoms with van der Waals surface area (Å²) in [7, 11) is 0.